The van der Waals surface area contributed by atoms with E-state index in [9.17, 15) is 9.59 Å². The number of rotatable bonds is 7. The Hall–Kier alpha value is -2.83. The van der Waals surface area contributed by atoms with Crippen LogP contribution >= 0.6 is 11.6 Å². The Morgan fingerprint density at radius 1 is 1.26 bits per heavy atom. The summed E-state index contributed by atoms with van der Waals surface area (Å²) < 4.78 is 11.1. The van der Waals surface area contributed by atoms with Gasteiger partial charge in [0.15, 0.2) is 0 Å². The lowest BCUT2D eigenvalue weighted by molar-refractivity contribution is -0.149. The van der Waals surface area contributed by atoms with Crippen molar-refractivity contribution in [1.82, 2.24) is 10.6 Å². The van der Waals surface area contributed by atoms with E-state index in [0.717, 1.165) is 11.1 Å². The summed E-state index contributed by atoms with van der Waals surface area (Å²) in [6.45, 7) is 6.34. The molecule has 3 atom stereocenters. The maximum absolute atomic E-state index is 13.0. The van der Waals surface area contributed by atoms with Gasteiger partial charge in [0.1, 0.15) is 17.0 Å². The molecule has 0 bridgehead atoms. The van der Waals surface area contributed by atoms with Gasteiger partial charge in [0, 0.05) is 17.5 Å². The molecule has 0 spiro atoms. The number of carbonyl (C=O) groups excluding carboxylic acids is 2. The summed E-state index contributed by atoms with van der Waals surface area (Å²) in [6.07, 6.45) is 2.70. The van der Waals surface area contributed by atoms with Gasteiger partial charge in [-0.2, -0.15) is 0 Å². The number of fused-ring (bicyclic) bond motifs is 1. The quantitative estimate of drug-likeness (QED) is 0.506. The molecule has 1 amide bonds. The second-order valence-electron chi connectivity index (χ2n) is 7.85. The molecule has 1 aliphatic carbocycles. The van der Waals surface area contributed by atoms with E-state index in [2.05, 4.69) is 17.2 Å². The summed E-state index contributed by atoms with van der Waals surface area (Å²) >= 11 is 6.03. The zero-order chi connectivity index (χ0) is 22.0. The van der Waals surface area contributed by atoms with Crippen LogP contribution in [0.4, 0.5) is 0 Å². The molecule has 2 aromatic carbocycles. The first-order chi connectivity index (χ1) is 14.9. The van der Waals surface area contributed by atoms with Gasteiger partial charge in [0.05, 0.1) is 12.6 Å². The van der Waals surface area contributed by atoms with Gasteiger partial charge < -0.3 is 20.1 Å². The van der Waals surface area contributed by atoms with E-state index in [1.54, 1.807) is 25.1 Å². The molecule has 1 saturated carbocycles. The van der Waals surface area contributed by atoms with Crippen LogP contribution < -0.4 is 15.4 Å². The average molecular weight is 441 g/mol. The molecular weight excluding hydrogens is 416 g/mol. The van der Waals surface area contributed by atoms with Crippen LogP contribution in [-0.4, -0.2) is 30.1 Å². The molecule has 1 fully saturated rings. The van der Waals surface area contributed by atoms with E-state index in [1.807, 2.05) is 30.3 Å². The molecule has 2 aromatic rings. The van der Waals surface area contributed by atoms with Gasteiger partial charge in [-0.3, -0.25) is 4.79 Å². The minimum absolute atomic E-state index is 0.107. The number of ether oxygens (including phenoxy) is 2. The fraction of sp³-hybridized carbons (Fsp3) is 0.333. The van der Waals surface area contributed by atoms with E-state index in [4.69, 9.17) is 21.1 Å². The maximum Gasteiger partial charge on any atom is 0.332 e. The number of halogens is 1. The van der Waals surface area contributed by atoms with Crippen molar-refractivity contribution in [3.05, 3.63) is 71.3 Å². The van der Waals surface area contributed by atoms with Crippen LogP contribution in [0.25, 0.3) is 0 Å². The second-order valence-corrected chi connectivity index (χ2v) is 8.29. The SMILES string of the molecule is C=CC1C[C@]1(NC(=O)[C@@H]1Cc2cc(Oc3cccc(Cl)c3)ccc2CN1)C(=O)OCC. The average Bonchev–Trinajstić information content (AvgIpc) is 3.47. The minimum Gasteiger partial charge on any atom is -0.464 e. The number of esters is 1. The zero-order valence-electron chi connectivity index (χ0n) is 17.3. The molecule has 31 heavy (non-hydrogen) atoms. The van der Waals surface area contributed by atoms with Crippen molar-refractivity contribution in [2.75, 3.05) is 6.61 Å². The molecule has 1 heterocycles. The number of nitrogens with one attached hydrogen (secondary N) is 2. The molecule has 2 aliphatic rings. The number of carbonyl (C=O) groups is 2. The molecule has 1 aliphatic heterocycles. The molecule has 162 valence electrons. The Balaban J connectivity index is 1.46. The van der Waals surface area contributed by atoms with Crippen molar-refractivity contribution in [2.24, 2.45) is 5.92 Å². The van der Waals surface area contributed by atoms with Gasteiger partial charge in [-0.1, -0.05) is 29.8 Å². The van der Waals surface area contributed by atoms with Gasteiger partial charge in [0.25, 0.3) is 0 Å². The second kappa shape index (κ2) is 8.73. The first-order valence-electron chi connectivity index (χ1n) is 10.4. The first kappa shape index (κ1) is 21.4. The summed E-state index contributed by atoms with van der Waals surface area (Å²) in [5.41, 5.74) is 1.15. The Morgan fingerprint density at radius 3 is 2.77 bits per heavy atom. The number of hydrogen-bond acceptors (Lipinski definition) is 5. The minimum atomic E-state index is -0.992. The van der Waals surface area contributed by atoms with E-state index in [-0.39, 0.29) is 18.4 Å². The summed E-state index contributed by atoms with van der Waals surface area (Å²) in [7, 11) is 0. The molecule has 0 radical (unpaired) electrons. The Kier molecular flexibility index (Phi) is 6.03. The predicted octanol–water partition coefficient (Wildman–Crippen LogP) is 3.77. The smallest absolute Gasteiger partial charge is 0.332 e. The molecular formula is C24H25ClN2O4. The van der Waals surface area contributed by atoms with E-state index < -0.39 is 17.6 Å². The first-order valence-corrected chi connectivity index (χ1v) is 10.7. The predicted molar refractivity (Wildman–Crippen MR) is 118 cm³/mol. The summed E-state index contributed by atoms with van der Waals surface area (Å²) in [5, 5.41) is 6.78. The summed E-state index contributed by atoms with van der Waals surface area (Å²) in [6, 6.07) is 12.6. The molecule has 6 nitrogen and oxygen atoms in total. The highest BCUT2D eigenvalue weighted by atomic mass is 35.5. The molecule has 0 saturated heterocycles. The topological polar surface area (TPSA) is 76.7 Å². The van der Waals surface area contributed by atoms with E-state index in [1.165, 1.54) is 0 Å². The molecule has 1 unspecified atom stereocenters. The van der Waals surface area contributed by atoms with Crippen molar-refractivity contribution >= 4 is 23.5 Å². The van der Waals surface area contributed by atoms with Crippen molar-refractivity contribution in [3.63, 3.8) is 0 Å². The highest BCUT2D eigenvalue weighted by molar-refractivity contribution is 6.30. The highest BCUT2D eigenvalue weighted by Gasteiger charge is 2.61. The lowest BCUT2D eigenvalue weighted by atomic mass is 9.94. The van der Waals surface area contributed by atoms with Gasteiger partial charge in [-0.05, 0) is 61.2 Å². The Bertz CT molecular complexity index is 1020. The number of hydrogen-bond donors (Lipinski definition) is 2. The van der Waals surface area contributed by atoms with Crippen molar-refractivity contribution in [2.45, 2.75) is 37.9 Å². The highest BCUT2D eigenvalue weighted by Crippen LogP contribution is 2.45. The van der Waals surface area contributed by atoms with Crippen LogP contribution in [0.15, 0.2) is 55.1 Å². The van der Waals surface area contributed by atoms with Crippen LogP contribution in [0, 0.1) is 5.92 Å². The van der Waals surface area contributed by atoms with E-state index >= 15 is 0 Å². The zero-order valence-corrected chi connectivity index (χ0v) is 18.1. The summed E-state index contributed by atoms with van der Waals surface area (Å²) in [4.78, 5) is 25.4. The largest absolute Gasteiger partial charge is 0.464 e. The normalized spacial score (nSPS) is 23.9. The van der Waals surface area contributed by atoms with Crippen LogP contribution in [0.1, 0.15) is 24.5 Å². The van der Waals surface area contributed by atoms with Crippen molar-refractivity contribution < 1.29 is 19.1 Å². The maximum atomic E-state index is 13.0. The van der Waals surface area contributed by atoms with Gasteiger partial charge in [-0.15, -0.1) is 6.58 Å². The Labute approximate surface area is 186 Å². The fourth-order valence-electron chi connectivity index (χ4n) is 3.97. The third-order valence-corrected chi connectivity index (χ3v) is 6.01. The Morgan fingerprint density at radius 2 is 2.06 bits per heavy atom. The van der Waals surface area contributed by atoms with Gasteiger partial charge >= 0.3 is 5.97 Å². The van der Waals surface area contributed by atoms with Crippen molar-refractivity contribution in [3.8, 4) is 11.5 Å². The van der Waals surface area contributed by atoms with Crippen LogP contribution in [0.2, 0.25) is 5.02 Å². The molecule has 0 aromatic heterocycles. The molecule has 7 heteroatoms. The van der Waals surface area contributed by atoms with Crippen LogP contribution in [0.5, 0.6) is 11.5 Å². The van der Waals surface area contributed by atoms with Gasteiger partial charge in [-0.25, -0.2) is 4.79 Å². The molecule has 4 rings (SSSR count). The number of amides is 1. The fourth-order valence-corrected chi connectivity index (χ4v) is 4.15. The van der Waals surface area contributed by atoms with Crippen LogP contribution in [0.3, 0.4) is 0 Å². The summed E-state index contributed by atoms with van der Waals surface area (Å²) in [5.74, 6) is 0.602. The lowest BCUT2D eigenvalue weighted by Crippen LogP contribution is -2.54. The van der Waals surface area contributed by atoms with Crippen LogP contribution in [-0.2, 0) is 27.3 Å². The van der Waals surface area contributed by atoms with Gasteiger partial charge in [0.2, 0.25) is 5.91 Å². The molecule has 2 N–H and O–H groups in total. The number of benzene rings is 2. The third kappa shape index (κ3) is 4.45. The third-order valence-electron chi connectivity index (χ3n) is 5.77. The van der Waals surface area contributed by atoms with E-state index in [0.29, 0.717) is 35.9 Å². The monoisotopic (exact) mass is 440 g/mol. The lowest BCUT2D eigenvalue weighted by Gasteiger charge is -2.27. The standard InChI is InChI=1S/C24H25ClN2O4/c1-3-17-13-24(17,23(29)30-4-2)27-22(28)21-11-16-10-20(9-8-15(16)14-26-21)31-19-7-5-6-18(25)12-19/h3,5-10,12,17,21,26H,1,4,11,13-14H2,2H3,(H,27,28)/t17?,21-,24+/m0/s1. The van der Waals surface area contributed by atoms with Crippen molar-refractivity contribution in [1.29, 1.82) is 0 Å².